The van der Waals surface area contributed by atoms with Gasteiger partial charge in [0.15, 0.2) is 0 Å². The Morgan fingerprint density at radius 1 is 1.45 bits per heavy atom. The van der Waals surface area contributed by atoms with Crippen LogP contribution in [0, 0.1) is 0 Å². The summed E-state index contributed by atoms with van der Waals surface area (Å²) in [7, 11) is 0. The molecule has 0 rings (SSSR count). The molecule has 2 N–H and O–H groups in total. The van der Waals surface area contributed by atoms with Crippen LogP contribution < -0.4 is 5.73 Å². The average Bonchev–Trinajstić information content (AvgIpc) is 1.97. The number of primary amides is 1. The van der Waals surface area contributed by atoms with E-state index in [1.165, 1.54) is 0 Å². The molecule has 0 aliphatic rings. The zero-order chi connectivity index (χ0) is 8.69. The number of amides is 1. The maximum Gasteiger partial charge on any atom is 0.244 e. The zero-order valence-electron chi connectivity index (χ0n) is 7.39. The highest BCUT2D eigenvalue weighted by molar-refractivity contribution is 5.91. The van der Waals surface area contributed by atoms with Crippen LogP contribution in [-0.2, 0) is 4.79 Å². The van der Waals surface area contributed by atoms with Crippen LogP contribution in [0.2, 0.25) is 0 Å². The smallest absolute Gasteiger partial charge is 0.244 e. The maximum absolute atomic E-state index is 10.7. The van der Waals surface area contributed by atoms with Crippen LogP contribution in [0.3, 0.4) is 0 Å². The second-order valence-electron chi connectivity index (χ2n) is 2.61. The number of carbonyl (C=O) groups excluding carboxylic acids is 1. The van der Waals surface area contributed by atoms with E-state index >= 15 is 0 Å². The minimum atomic E-state index is -0.264. The van der Waals surface area contributed by atoms with Crippen molar-refractivity contribution in [3.05, 3.63) is 11.6 Å². The Labute approximate surface area is 68.5 Å². The number of rotatable bonds is 5. The number of carbonyl (C=O) groups is 1. The third kappa shape index (κ3) is 4.59. The first-order valence-electron chi connectivity index (χ1n) is 4.21. The van der Waals surface area contributed by atoms with Crippen molar-refractivity contribution in [1.29, 1.82) is 0 Å². The standard InChI is InChI=1S/C9H17NO/c1-3-5-7-8(6-4-2)9(10)11/h6H,3-5,7H2,1-2H3,(H2,10,11). The maximum atomic E-state index is 10.7. The Hall–Kier alpha value is -0.790. The molecular formula is C9H17NO. The quantitative estimate of drug-likeness (QED) is 0.606. The third-order valence-electron chi connectivity index (χ3n) is 1.57. The Kier molecular flexibility index (Phi) is 5.53. The molecule has 11 heavy (non-hydrogen) atoms. The van der Waals surface area contributed by atoms with Gasteiger partial charge in [0.05, 0.1) is 0 Å². The van der Waals surface area contributed by atoms with Crippen LogP contribution in [0.15, 0.2) is 11.6 Å². The normalized spacial score (nSPS) is 11.6. The van der Waals surface area contributed by atoms with Gasteiger partial charge in [-0.2, -0.15) is 0 Å². The highest BCUT2D eigenvalue weighted by Gasteiger charge is 2.01. The summed E-state index contributed by atoms with van der Waals surface area (Å²) < 4.78 is 0. The number of hydrogen-bond donors (Lipinski definition) is 1. The van der Waals surface area contributed by atoms with Gasteiger partial charge >= 0.3 is 0 Å². The Balaban J connectivity index is 3.90. The molecule has 0 atom stereocenters. The van der Waals surface area contributed by atoms with Crippen molar-refractivity contribution in [2.75, 3.05) is 0 Å². The van der Waals surface area contributed by atoms with E-state index in [0.29, 0.717) is 0 Å². The summed E-state index contributed by atoms with van der Waals surface area (Å²) in [6, 6.07) is 0. The summed E-state index contributed by atoms with van der Waals surface area (Å²) in [4.78, 5) is 10.7. The molecule has 0 aromatic rings. The average molecular weight is 155 g/mol. The molecule has 0 bridgehead atoms. The van der Waals surface area contributed by atoms with Gasteiger partial charge in [0.2, 0.25) is 5.91 Å². The molecule has 0 aliphatic heterocycles. The molecule has 2 heteroatoms. The molecule has 2 nitrogen and oxygen atoms in total. The molecular weight excluding hydrogens is 138 g/mol. The van der Waals surface area contributed by atoms with Crippen LogP contribution in [0.1, 0.15) is 39.5 Å². The largest absolute Gasteiger partial charge is 0.366 e. The summed E-state index contributed by atoms with van der Waals surface area (Å²) in [5, 5.41) is 0. The van der Waals surface area contributed by atoms with E-state index in [0.717, 1.165) is 31.3 Å². The van der Waals surface area contributed by atoms with Crippen LogP contribution in [0.4, 0.5) is 0 Å². The van der Waals surface area contributed by atoms with Crippen molar-refractivity contribution in [3.63, 3.8) is 0 Å². The van der Waals surface area contributed by atoms with Crippen LogP contribution in [-0.4, -0.2) is 5.91 Å². The van der Waals surface area contributed by atoms with E-state index in [9.17, 15) is 4.79 Å². The summed E-state index contributed by atoms with van der Waals surface area (Å²) >= 11 is 0. The van der Waals surface area contributed by atoms with E-state index in [1.807, 2.05) is 13.0 Å². The lowest BCUT2D eigenvalue weighted by Crippen LogP contribution is -2.13. The minimum Gasteiger partial charge on any atom is -0.366 e. The van der Waals surface area contributed by atoms with E-state index in [-0.39, 0.29) is 5.91 Å². The van der Waals surface area contributed by atoms with E-state index in [1.54, 1.807) is 0 Å². The van der Waals surface area contributed by atoms with Crippen molar-refractivity contribution in [3.8, 4) is 0 Å². The van der Waals surface area contributed by atoms with Crippen LogP contribution in [0.5, 0.6) is 0 Å². The first-order valence-corrected chi connectivity index (χ1v) is 4.21. The van der Waals surface area contributed by atoms with Crippen molar-refractivity contribution < 1.29 is 4.79 Å². The topological polar surface area (TPSA) is 43.1 Å². The molecule has 0 aromatic heterocycles. The second kappa shape index (κ2) is 5.96. The van der Waals surface area contributed by atoms with Gasteiger partial charge in [-0.1, -0.05) is 26.3 Å². The second-order valence-corrected chi connectivity index (χ2v) is 2.61. The molecule has 0 spiro atoms. The third-order valence-corrected chi connectivity index (χ3v) is 1.57. The van der Waals surface area contributed by atoms with E-state index < -0.39 is 0 Å². The molecule has 0 saturated heterocycles. The molecule has 1 amide bonds. The lowest BCUT2D eigenvalue weighted by Gasteiger charge is -2.00. The molecule has 0 aliphatic carbocycles. The van der Waals surface area contributed by atoms with Crippen molar-refractivity contribution >= 4 is 5.91 Å². The van der Waals surface area contributed by atoms with Gasteiger partial charge in [-0.3, -0.25) is 4.79 Å². The molecule has 0 unspecified atom stereocenters. The van der Waals surface area contributed by atoms with Gasteiger partial charge in [-0.15, -0.1) is 0 Å². The van der Waals surface area contributed by atoms with Crippen LogP contribution in [0.25, 0.3) is 0 Å². The minimum absolute atomic E-state index is 0.264. The zero-order valence-corrected chi connectivity index (χ0v) is 7.39. The molecule has 0 heterocycles. The van der Waals surface area contributed by atoms with Gasteiger partial charge in [-0.05, 0) is 19.3 Å². The first-order chi connectivity index (χ1) is 5.22. The Morgan fingerprint density at radius 3 is 2.45 bits per heavy atom. The van der Waals surface area contributed by atoms with Gasteiger partial charge in [0.1, 0.15) is 0 Å². The summed E-state index contributed by atoms with van der Waals surface area (Å²) in [5.74, 6) is -0.264. The van der Waals surface area contributed by atoms with Crippen molar-refractivity contribution in [2.45, 2.75) is 39.5 Å². The predicted octanol–water partition coefficient (Wildman–Crippen LogP) is 2.00. The fraction of sp³-hybridized carbons (Fsp3) is 0.667. The summed E-state index contributed by atoms with van der Waals surface area (Å²) in [5.41, 5.74) is 5.94. The predicted molar refractivity (Wildman–Crippen MR) is 47.1 cm³/mol. The number of unbranched alkanes of at least 4 members (excludes halogenated alkanes) is 1. The SMILES string of the molecule is CCC=C(CCCC)C(N)=O. The number of allylic oxidation sites excluding steroid dienone is 1. The number of nitrogens with two attached hydrogens (primary N) is 1. The van der Waals surface area contributed by atoms with E-state index in [2.05, 4.69) is 6.92 Å². The Morgan fingerprint density at radius 2 is 2.09 bits per heavy atom. The lowest BCUT2D eigenvalue weighted by atomic mass is 10.1. The molecule has 0 fully saturated rings. The van der Waals surface area contributed by atoms with Crippen LogP contribution >= 0.6 is 0 Å². The number of hydrogen-bond acceptors (Lipinski definition) is 1. The first kappa shape index (κ1) is 10.2. The fourth-order valence-electron chi connectivity index (χ4n) is 0.939. The molecule has 0 saturated carbocycles. The fourth-order valence-corrected chi connectivity index (χ4v) is 0.939. The van der Waals surface area contributed by atoms with Gasteiger partial charge in [-0.25, -0.2) is 0 Å². The van der Waals surface area contributed by atoms with Crippen molar-refractivity contribution in [1.82, 2.24) is 0 Å². The Bertz CT molecular complexity index is 150. The van der Waals surface area contributed by atoms with Crippen molar-refractivity contribution in [2.24, 2.45) is 5.73 Å². The highest BCUT2D eigenvalue weighted by atomic mass is 16.1. The van der Waals surface area contributed by atoms with Gasteiger partial charge in [0.25, 0.3) is 0 Å². The van der Waals surface area contributed by atoms with Gasteiger partial charge < -0.3 is 5.73 Å². The molecule has 64 valence electrons. The summed E-state index contributed by atoms with van der Waals surface area (Å²) in [6.45, 7) is 4.11. The highest BCUT2D eigenvalue weighted by Crippen LogP contribution is 2.07. The van der Waals surface area contributed by atoms with Gasteiger partial charge in [0, 0.05) is 5.57 Å². The monoisotopic (exact) mass is 155 g/mol. The summed E-state index contributed by atoms with van der Waals surface area (Å²) in [6.07, 6.45) is 5.79. The molecule has 0 aromatic carbocycles. The molecule has 0 radical (unpaired) electrons. The lowest BCUT2D eigenvalue weighted by molar-refractivity contribution is -0.114. The van der Waals surface area contributed by atoms with E-state index in [4.69, 9.17) is 5.73 Å².